The van der Waals surface area contributed by atoms with E-state index in [1.54, 1.807) is 6.07 Å². The summed E-state index contributed by atoms with van der Waals surface area (Å²) in [4.78, 5) is 12.2. The molecule has 6 heteroatoms. The largest absolute Gasteiger partial charge is 0.504 e. The van der Waals surface area contributed by atoms with Crippen LogP contribution >= 0.6 is 11.6 Å². The van der Waals surface area contributed by atoms with Crippen LogP contribution in [0.25, 0.3) is 0 Å². The van der Waals surface area contributed by atoms with Crippen molar-refractivity contribution in [1.82, 2.24) is 5.32 Å². The highest BCUT2D eigenvalue weighted by Crippen LogP contribution is 2.37. The second-order valence-corrected chi connectivity index (χ2v) is 5.33. The molecule has 0 aliphatic carbocycles. The second-order valence-electron chi connectivity index (χ2n) is 4.92. The normalized spacial score (nSPS) is 16.9. The minimum absolute atomic E-state index is 0.0247. The van der Waals surface area contributed by atoms with Crippen LogP contribution in [0.5, 0.6) is 11.5 Å². The molecule has 4 N–H and O–H groups in total. The third kappa shape index (κ3) is 2.25. The molecule has 0 fully saturated rings. The van der Waals surface area contributed by atoms with Crippen molar-refractivity contribution in [3.8, 4) is 11.5 Å². The van der Waals surface area contributed by atoms with Crippen molar-refractivity contribution in [3.05, 3.63) is 52.0 Å². The number of carbonyl (C=O) groups excluding carboxylic acids is 1. The molecule has 1 heterocycles. The molecule has 1 unspecified atom stereocenters. The van der Waals surface area contributed by atoms with Crippen molar-refractivity contribution in [2.45, 2.75) is 13.1 Å². The number of anilines is 1. The Labute approximate surface area is 126 Å². The van der Waals surface area contributed by atoms with E-state index in [2.05, 4.69) is 10.6 Å². The van der Waals surface area contributed by atoms with E-state index >= 15 is 0 Å². The molecule has 0 spiro atoms. The quantitative estimate of drug-likeness (QED) is 0.611. The SMILES string of the molecule is Cc1cccc2c1NC(c1cc(O)c(O)c(Cl)c1)NC2=O. The van der Waals surface area contributed by atoms with Gasteiger partial charge >= 0.3 is 0 Å². The fourth-order valence-electron chi connectivity index (χ4n) is 2.38. The van der Waals surface area contributed by atoms with Gasteiger partial charge < -0.3 is 20.8 Å². The maximum atomic E-state index is 12.2. The molecule has 108 valence electrons. The standard InChI is InChI=1S/C15H13ClN2O3/c1-7-3-2-4-9-12(7)17-14(18-15(9)21)8-5-10(16)13(20)11(19)6-8/h2-6,14,17,19-20H,1H3,(H,18,21). The fourth-order valence-corrected chi connectivity index (χ4v) is 2.60. The van der Waals surface area contributed by atoms with Gasteiger partial charge in [-0.15, -0.1) is 0 Å². The van der Waals surface area contributed by atoms with Gasteiger partial charge in [0, 0.05) is 0 Å². The van der Waals surface area contributed by atoms with Crippen LogP contribution in [0.4, 0.5) is 5.69 Å². The number of rotatable bonds is 1. The third-order valence-electron chi connectivity index (χ3n) is 3.48. The van der Waals surface area contributed by atoms with Crippen LogP contribution in [-0.4, -0.2) is 16.1 Å². The summed E-state index contributed by atoms with van der Waals surface area (Å²) in [5, 5.41) is 25.2. The van der Waals surface area contributed by atoms with Crippen LogP contribution in [0, 0.1) is 6.92 Å². The lowest BCUT2D eigenvalue weighted by molar-refractivity contribution is 0.0935. The van der Waals surface area contributed by atoms with E-state index in [1.807, 2.05) is 19.1 Å². The van der Waals surface area contributed by atoms with Crippen LogP contribution in [0.2, 0.25) is 5.02 Å². The van der Waals surface area contributed by atoms with Gasteiger partial charge in [-0.05, 0) is 36.2 Å². The first kappa shape index (κ1) is 13.6. The molecule has 1 aliphatic rings. The zero-order valence-corrected chi connectivity index (χ0v) is 11.9. The molecule has 5 nitrogen and oxygen atoms in total. The molecule has 0 aromatic heterocycles. The van der Waals surface area contributed by atoms with Gasteiger partial charge in [0.2, 0.25) is 0 Å². The average molecular weight is 305 g/mol. The highest BCUT2D eigenvalue weighted by Gasteiger charge is 2.26. The molecule has 1 atom stereocenters. The number of nitrogens with one attached hydrogen (secondary N) is 2. The molecule has 0 radical (unpaired) electrons. The predicted octanol–water partition coefficient (Wildman–Crippen LogP) is 2.91. The molecule has 1 aliphatic heterocycles. The van der Waals surface area contributed by atoms with E-state index in [0.717, 1.165) is 11.3 Å². The summed E-state index contributed by atoms with van der Waals surface area (Å²) >= 11 is 5.86. The lowest BCUT2D eigenvalue weighted by atomic mass is 10.0. The van der Waals surface area contributed by atoms with E-state index in [9.17, 15) is 15.0 Å². The number of phenols is 2. The molecule has 1 amide bonds. The van der Waals surface area contributed by atoms with E-state index in [-0.39, 0.29) is 22.4 Å². The number of phenolic OH excluding ortho intramolecular Hbond substituents is 2. The lowest BCUT2D eigenvalue weighted by Crippen LogP contribution is -2.38. The van der Waals surface area contributed by atoms with E-state index < -0.39 is 6.17 Å². The summed E-state index contributed by atoms with van der Waals surface area (Å²) in [7, 11) is 0. The first-order valence-corrected chi connectivity index (χ1v) is 6.73. The Bertz CT molecular complexity index is 723. The number of hydrogen-bond donors (Lipinski definition) is 4. The molecule has 0 saturated heterocycles. The van der Waals surface area contributed by atoms with Gasteiger partial charge in [-0.2, -0.15) is 0 Å². The Morgan fingerprint density at radius 2 is 1.95 bits per heavy atom. The predicted molar refractivity (Wildman–Crippen MR) is 79.8 cm³/mol. The average Bonchev–Trinajstić information content (AvgIpc) is 2.45. The van der Waals surface area contributed by atoms with Crippen molar-refractivity contribution >= 4 is 23.2 Å². The van der Waals surface area contributed by atoms with Crippen molar-refractivity contribution in [1.29, 1.82) is 0 Å². The zero-order chi connectivity index (χ0) is 15.1. The summed E-state index contributed by atoms with van der Waals surface area (Å²) in [6, 6.07) is 8.32. The van der Waals surface area contributed by atoms with E-state index in [0.29, 0.717) is 11.1 Å². The first-order chi connectivity index (χ1) is 9.97. The van der Waals surface area contributed by atoms with Crippen molar-refractivity contribution in [3.63, 3.8) is 0 Å². The summed E-state index contributed by atoms with van der Waals surface area (Å²) in [6.07, 6.45) is -0.532. The van der Waals surface area contributed by atoms with Gasteiger partial charge in [-0.25, -0.2) is 0 Å². The summed E-state index contributed by atoms with van der Waals surface area (Å²) in [5.41, 5.74) is 2.81. The van der Waals surface area contributed by atoms with Gasteiger partial charge in [0.05, 0.1) is 16.3 Å². The first-order valence-electron chi connectivity index (χ1n) is 6.36. The van der Waals surface area contributed by atoms with E-state index in [1.165, 1.54) is 12.1 Å². The van der Waals surface area contributed by atoms with Gasteiger partial charge in [0.15, 0.2) is 11.5 Å². The number of para-hydroxylation sites is 1. The number of aromatic hydroxyl groups is 2. The molecular formula is C15H13ClN2O3. The zero-order valence-electron chi connectivity index (χ0n) is 11.1. The maximum absolute atomic E-state index is 12.2. The molecule has 3 rings (SSSR count). The Kier molecular flexibility index (Phi) is 3.14. The van der Waals surface area contributed by atoms with Crippen molar-refractivity contribution < 1.29 is 15.0 Å². The Morgan fingerprint density at radius 3 is 2.67 bits per heavy atom. The number of halogens is 1. The smallest absolute Gasteiger partial charge is 0.255 e. The number of benzene rings is 2. The summed E-state index contributed by atoms with van der Waals surface area (Å²) < 4.78 is 0. The summed E-state index contributed by atoms with van der Waals surface area (Å²) in [6.45, 7) is 1.91. The molecule has 0 saturated carbocycles. The Balaban J connectivity index is 2.03. The van der Waals surface area contributed by atoms with Gasteiger partial charge in [0.25, 0.3) is 5.91 Å². The third-order valence-corrected chi connectivity index (χ3v) is 3.77. The molecule has 2 aromatic carbocycles. The number of carbonyl (C=O) groups is 1. The molecule has 0 bridgehead atoms. The fraction of sp³-hybridized carbons (Fsp3) is 0.133. The Hall–Kier alpha value is -2.40. The summed E-state index contributed by atoms with van der Waals surface area (Å²) in [5.74, 6) is -0.913. The van der Waals surface area contributed by atoms with Gasteiger partial charge in [-0.3, -0.25) is 4.79 Å². The van der Waals surface area contributed by atoms with Gasteiger partial charge in [-0.1, -0.05) is 23.7 Å². The topological polar surface area (TPSA) is 81.6 Å². The van der Waals surface area contributed by atoms with Crippen LogP contribution in [-0.2, 0) is 0 Å². The van der Waals surface area contributed by atoms with Crippen LogP contribution in [0.15, 0.2) is 30.3 Å². The highest BCUT2D eigenvalue weighted by atomic mass is 35.5. The minimum Gasteiger partial charge on any atom is -0.504 e. The van der Waals surface area contributed by atoms with Gasteiger partial charge in [0.1, 0.15) is 6.17 Å². The maximum Gasteiger partial charge on any atom is 0.255 e. The molecule has 2 aromatic rings. The van der Waals surface area contributed by atoms with Crippen LogP contribution in [0.1, 0.15) is 27.7 Å². The lowest BCUT2D eigenvalue weighted by Gasteiger charge is -2.29. The van der Waals surface area contributed by atoms with E-state index in [4.69, 9.17) is 11.6 Å². The molecule has 21 heavy (non-hydrogen) atoms. The number of amides is 1. The molecular weight excluding hydrogens is 292 g/mol. The number of fused-ring (bicyclic) bond motifs is 1. The van der Waals surface area contributed by atoms with Crippen molar-refractivity contribution in [2.75, 3.05) is 5.32 Å². The van der Waals surface area contributed by atoms with Crippen LogP contribution < -0.4 is 10.6 Å². The van der Waals surface area contributed by atoms with Crippen molar-refractivity contribution in [2.24, 2.45) is 0 Å². The monoisotopic (exact) mass is 304 g/mol. The number of aryl methyl sites for hydroxylation is 1. The van der Waals surface area contributed by atoms with Crippen LogP contribution in [0.3, 0.4) is 0 Å². The number of hydrogen-bond acceptors (Lipinski definition) is 4. The minimum atomic E-state index is -0.532. The highest BCUT2D eigenvalue weighted by molar-refractivity contribution is 6.32. The Morgan fingerprint density at radius 1 is 1.19 bits per heavy atom. The second kappa shape index (κ2) is 4.86.